The van der Waals surface area contributed by atoms with E-state index in [1.54, 1.807) is 36.4 Å². The van der Waals surface area contributed by atoms with E-state index in [0.717, 1.165) is 4.47 Å². The van der Waals surface area contributed by atoms with Crippen molar-refractivity contribution < 1.29 is 14.0 Å². The van der Waals surface area contributed by atoms with Gasteiger partial charge in [-0.2, -0.15) is 5.10 Å². The molecule has 0 unspecified atom stereocenters. The Morgan fingerprint density at radius 3 is 2.55 bits per heavy atom. The van der Waals surface area contributed by atoms with Gasteiger partial charge in [-0.05, 0) is 36.4 Å². The van der Waals surface area contributed by atoms with Crippen molar-refractivity contribution in [3.05, 3.63) is 52.9 Å². The SMILES string of the molecule is O=C(N/N=C/c1ccco1)C(=O)Nc1ccc(Br)cc1. The minimum Gasteiger partial charge on any atom is -0.463 e. The fourth-order valence-electron chi connectivity index (χ4n) is 1.29. The van der Waals surface area contributed by atoms with Gasteiger partial charge in [0.15, 0.2) is 0 Å². The van der Waals surface area contributed by atoms with Crippen molar-refractivity contribution in [2.45, 2.75) is 0 Å². The average molecular weight is 336 g/mol. The van der Waals surface area contributed by atoms with Crippen LogP contribution in [0.15, 0.2) is 56.7 Å². The number of hydrazone groups is 1. The number of benzene rings is 1. The Morgan fingerprint density at radius 1 is 1.15 bits per heavy atom. The second-order valence-corrected chi connectivity index (χ2v) is 4.59. The first-order chi connectivity index (χ1) is 9.65. The second kappa shape index (κ2) is 6.67. The van der Waals surface area contributed by atoms with Crippen LogP contribution in [0.5, 0.6) is 0 Å². The zero-order valence-electron chi connectivity index (χ0n) is 10.2. The second-order valence-electron chi connectivity index (χ2n) is 3.68. The van der Waals surface area contributed by atoms with Gasteiger partial charge >= 0.3 is 11.8 Å². The van der Waals surface area contributed by atoms with Gasteiger partial charge in [-0.1, -0.05) is 15.9 Å². The summed E-state index contributed by atoms with van der Waals surface area (Å²) < 4.78 is 5.85. The lowest BCUT2D eigenvalue weighted by atomic mass is 10.3. The Bertz CT molecular complexity index is 621. The molecule has 0 aliphatic rings. The third-order valence-electron chi connectivity index (χ3n) is 2.21. The average Bonchev–Trinajstić information content (AvgIpc) is 2.94. The van der Waals surface area contributed by atoms with E-state index < -0.39 is 11.8 Å². The molecule has 0 spiro atoms. The normalized spacial score (nSPS) is 10.4. The molecule has 0 saturated carbocycles. The van der Waals surface area contributed by atoms with Crippen LogP contribution in [0.4, 0.5) is 5.69 Å². The highest BCUT2D eigenvalue weighted by Gasteiger charge is 2.12. The molecule has 1 aromatic heterocycles. The number of halogens is 1. The highest BCUT2D eigenvalue weighted by molar-refractivity contribution is 9.10. The number of carbonyl (C=O) groups excluding carboxylic acids is 2. The lowest BCUT2D eigenvalue weighted by Gasteiger charge is -2.03. The van der Waals surface area contributed by atoms with Gasteiger partial charge in [0.2, 0.25) is 0 Å². The molecule has 0 fully saturated rings. The highest BCUT2D eigenvalue weighted by Crippen LogP contribution is 2.13. The largest absolute Gasteiger partial charge is 0.463 e. The number of carbonyl (C=O) groups is 2. The predicted molar refractivity (Wildman–Crippen MR) is 77.2 cm³/mol. The summed E-state index contributed by atoms with van der Waals surface area (Å²) in [5, 5.41) is 6.05. The zero-order valence-corrected chi connectivity index (χ0v) is 11.8. The van der Waals surface area contributed by atoms with Gasteiger partial charge in [-0.25, -0.2) is 5.43 Å². The third-order valence-corrected chi connectivity index (χ3v) is 2.74. The van der Waals surface area contributed by atoms with E-state index in [4.69, 9.17) is 4.42 Å². The molecule has 2 amide bonds. The molecule has 1 aromatic carbocycles. The van der Waals surface area contributed by atoms with E-state index >= 15 is 0 Å². The van der Waals surface area contributed by atoms with Crippen molar-refractivity contribution in [2.24, 2.45) is 5.10 Å². The summed E-state index contributed by atoms with van der Waals surface area (Å²) in [4.78, 5) is 23.0. The molecule has 0 radical (unpaired) electrons. The van der Waals surface area contributed by atoms with E-state index in [2.05, 4.69) is 31.8 Å². The van der Waals surface area contributed by atoms with Crippen LogP contribution in [0.3, 0.4) is 0 Å². The lowest BCUT2D eigenvalue weighted by molar-refractivity contribution is -0.136. The monoisotopic (exact) mass is 335 g/mol. The number of hydrogen-bond donors (Lipinski definition) is 2. The van der Waals surface area contributed by atoms with Crippen molar-refractivity contribution in [1.29, 1.82) is 0 Å². The lowest BCUT2D eigenvalue weighted by Crippen LogP contribution is -2.32. The Hall–Kier alpha value is -2.41. The Kier molecular flexibility index (Phi) is 4.67. The summed E-state index contributed by atoms with van der Waals surface area (Å²) in [6.07, 6.45) is 2.77. The first kappa shape index (κ1) is 14.0. The fourth-order valence-corrected chi connectivity index (χ4v) is 1.56. The van der Waals surface area contributed by atoms with Crippen molar-refractivity contribution in [3.63, 3.8) is 0 Å². The van der Waals surface area contributed by atoms with Gasteiger partial charge < -0.3 is 9.73 Å². The Balaban J connectivity index is 1.86. The zero-order chi connectivity index (χ0) is 14.4. The molecule has 20 heavy (non-hydrogen) atoms. The van der Waals surface area contributed by atoms with Crippen LogP contribution in [-0.2, 0) is 9.59 Å². The number of amides is 2. The molecule has 6 nitrogen and oxygen atoms in total. The summed E-state index contributed by atoms with van der Waals surface area (Å²) in [5.74, 6) is -1.20. The summed E-state index contributed by atoms with van der Waals surface area (Å²) in [6.45, 7) is 0. The van der Waals surface area contributed by atoms with Gasteiger partial charge in [0.05, 0.1) is 12.5 Å². The van der Waals surface area contributed by atoms with Gasteiger partial charge in [0, 0.05) is 10.2 Å². The number of furan rings is 1. The molecule has 1 heterocycles. The maximum Gasteiger partial charge on any atom is 0.329 e. The first-order valence-electron chi connectivity index (χ1n) is 5.58. The topological polar surface area (TPSA) is 83.7 Å². The number of rotatable bonds is 3. The number of nitrogens with one attached hydrogen (secondary N) is 2. The molecule has 102 valence electrons. The minimum absolute atomic E-state index is 0.471. The molecule has 2 N–H and O–H groups in total. The predicted octanol–water partition coefficient (Wildman–Crippen LogP) is 2.13. The van der Waals surface area contributed by atoms with Gasteiger partial charge in [-0.15, -0.1) is 0 Å². The molecule has 0 aliphatic carbocycles. The molecule has 0 bridgehead atoms. The summed E-state index contributed by atoms with van der Waals surface area (Å²) in [6, 6.07) is 10.2. The molecular formula is C13H10BrN3O3. The molecule has 0 aliphatic heterocycles. The van der Waals surface area contributed by atoms with Gasteiger partial charge in [-0.3, -0.25) is 9.59 Å². The van der Waals surface area contributed by atoms with E-state index in [1.807, 2.05) is 0 Å². The highest BCUT2D eigenvalue weighted by atomic mass is 79.9. The van der Waals surface area contributed by atoms with Crippen LogP contribution in [0.25, 0.3) is 0 Å². The maximum atomic E-state index is 11.6. The first-order valence-corrected chi connectivity index (χ1v) is 6.38. The number of anilines is 1. The smallest absolute Gasteiger partial charge is 0.329 e. The fraction of sp³-hybridized carbons (Fsp3) is 0. The summed E-state index contributed by atoms with van der Waals surface area (Å²) in [7, 11) is 0. The minimum atomic E-state index is -0.865. The maximum absolute atomic E-state index is 11.6. The van der Waals surface area contributed by atoms with Crippen LogP contribution in [0.1, 0.15) is 5.76 Å². The van der Waals surface area contributed by atoms with Crippen LogP contribution in [0.2, 0.25) is 0 Å². The van der Waals surface area contributed by atoms with Crippen molar-refractivity contribution in [1.82, 2.24) is 5.43 Å². The molecule has 0 atom stereocenters. The van der Waals surface area contributed by atoms with Crippen molar-refractivity contribution >= 4 is 39.6 Å². The van der Waals surface area contributed by atoms with Crippen LogP contribution < -0.4 is 10.7 Å². The molecule has 2 aromatic rings. The summed E-state index contributed by atoms with van der Waals surface area (Å²) in [5.41, 5.74) is 2.62. The van der Waals surface area contributed by atoms with E-state index in [0.29, 0.717) is 11.4 Å². The number of nitrogens with zero attached hydrogens (tertiary/aromatic N) is 1. The Labute approximate surface area is 123 Å². The quantitative estimate of drug-likeness (QED) is 0.512. The molecule has 2 rings (SSSR count). The summed E-state index contributed by atoms with van der Waals surface area (Å²) >= 11 is 3.27. The van der Waals surface area contributed by atoms with Crippen LogP contribution in [-0.4, -0.2) is 18.0 Å². The van der Waals surface area contributed by atoms with Gasteiger partial charge in [0.25, 0.3) is 0 Å². The van der Waals surface area contributed by atoms with Crippen molar-refractivity contribution in [3.8, 4) is 0 Å². The van der Waals surface area contributed by atoms with E-state index in [9.17, 15) is 9.59 Å². The van der Waals surface area contributed by atoms with Crippen molar-refractivity contribution in [2.75, 3.05) is 5.32 Å². The molecular weight excluding hydrogens is 326 g/mol. The van der Waals surface area contributed by atoms with Crippen LogP contribution >= 0.6 is 15.9 Å². The van der Waals surface area contributed by atoms with Gasteiger partial charge in [0.1, 0.15) is 5.76 Å². The third kappa shape index (κ3) is 4.06. The number of hydrogen-bond acceptors (Lipinski definition) is 4. The standard InChI is InChI=1S/C13H10BrN3O3/c14-9-3-5-10(6-4-9)16-12(18)13(19)17-15-8-11-2-1-7-20-11/h1-8H,(H,16,18)(H,17,19)/b15-8+. The Morgan fingerprint density at radius 2 is 1.90 bits per heavy atom. The van der Waals surface area contributed by atoms with Crippen LogP contribution in [0, 0.1) is 0 Å². The molecule has 7 heteroatoms. The van der Waals surface area contributed by atoms with E-state index in [-0.39, 0.29) is 0 Å². The van der Waals surface area contributed by atoms with E-state index in [1.165, 1.54) is 12.5 Å². The molecule has 0 saturated heterocycles.